The van der Waals surface area contributed by atoms with Crippen molar-refractivity contribution in [3.63, 3.8) is 0 Å². The smallest absolute Gasteiger partial charge is 0.209 e. The minimum absolute atomic E-state index is 0.606. The Balaban J connectivity index is 1.34. The second-order valence-corrected chi connectivity index (χ2v) is 7.29. The Kier molecular flexibility index (Phi) is 4.80. The van der Waals surface area contributed by atoms with Crippen molar-refractivity contribution in [2.24, 2.45) is 0 Å². The number of nitrogens with zero attached hydrogens (tertiary/aromatic N) is 7. The van der Waals surface area contributed by atoms with Gasteiger partial charge in [0.15, 0.2) is 0 Å². The molecule has 0 saturated carbocycles. The molecule has 5 rings (SSSR count). The third-order valence-electron chi connectivity index (χ3n) is 5.00. The van der Waals surface area contributed by atoms with Crippen molar-refractivity contribution in [2.75, 3.05) is 5.32 Å². The van der Waals surface area contributed by atoms with Crippen molar-refractivity contribution in [1.29, 1.82) is 0 Å². The van der Waals surface area contributed by atoms with Crippen molar-refractivity contribution in [3.8, 4) is 22.6 Å². The van der Waals surface area contributed by atoms with Crippen LogP contribution in [0.4, 0.5) is 5.95 Å². The monoisotopic (exact) mass is 408 g/mol. The minimum Gasteiger partial charge on any atom is -0.351 e. The zero-order valence-corrected chi connectivity index (χ0v) is 17.2. The number of pyridine rings is 2. The zero-order valence-electron chi connectivity index (χ0n) is 17.2. The molecule has 0 aliphatic carbocycles. The predicted molar refractivity (Wildman–Crippen MR) is 118 cm³/mol. The molecule has 8 heteroatoms. The summed E-state index contributed by atoms with van der Waals surface area (Å²) in [5.41, 5.74) is 7.64. The van der Waals surface area contributed by atoms with Gasteiger partial charge in [0.2, 0.25) is 5.95 Å². The van der Waals surface area contributed by atoms with Gasteiger partial charge in [-0.05, 0) is 43.2 Å². The fourth-order valence-corrected chi connectivity index (χ4v) is 3.51. The standard InChI is InChI=1S/C23H20N8/c1-15-7-17(10-27-22(15)18-3-4-25-16(2)8-18)11-28-23-29-12-19-9-20(30-14-31(19)23)21-13-24-5-6-26-21/h3-10,12-14H,11H2,1-2H3,(H,28,29). The molecule has 0 aliphatic rings. The van der Waals surface area contributed by atoms with Gasteiger partial charge >= 0.3 is 0 Å². The first-order chi connectivity index (χ1) is 15.2. The first kappa shape index (κ1) is 18.8. The predicted octanol–water partition coefficient (Wildman–Crippen LogP) is 3.87. The summed E-state index contributed by atoms with van der Waals surface area (Å²) in [6.45, 7) is 4.66. The van der Waals surface area contributed by atoms with Crippen LogP contribution in [0.25, 0.3) is 28.2 Å². The Bertz CT molecular complexity index is 1360. The number of aromatic nitrogens is 7. The van der Waals surface area contributed by atoms with E-state index in [1.165, 1.54) is 0 Å². The van der Waals surface area contributed by atoms with Crippen LogP contribution < -0.4 is 5.32 Å². The molecule has 0 saturated heterocycles. The van der Waals surface area contributed by atoms with Crippen LogP contribution in [0.15, 0.2) is 67.8 Å². The molecule has 0 aliphatic heterocycles. The Morgan fingerprint density at radius 3 is 2.58 bits per heavy atom. The lowest BCUT2D eigenvalue weighted by atomic mass is 10.1. The van der Waals surface area contributed by atoms with Gasteiger partial charge in [-0.2, -0.15) is 0 Å². The van der Waals surface area contributed by atoms with Crippen LogP contribution in [0.1, 0.15) is 16.8 Å². The molecule has 0 atom stereocenters. The summed E-state index contributed by atoms with van der Waals surface area (Å²) >= 11 is 0. The number of nitrogens with one attached hydrogen (secondary N) is 1. The Morgan fingerprint density at radius 1 is 0.839 bits per heavy atom. The van der Waals surface area contributed by atoms with E-state index >= 15 is 0 Å². The SMILES string of the molecule is Cc1cc(-c2ncc(CNc3ncc4cc(-c5cnccn5)ncn34)cc2C)ccn1. The van der Waals surface area contributed by atoms with Gasteiger partial charge in [-0.1, -0.05) is 6.07 Å². The molecule has 0 fully saturated rings. The van der Waals surface area contributed by atoms with E-state index in [2.05, 4.69) is 48.2 Å². The van der Waals surface area contributed by atoms with Crippen molar-refractivity contribution >= 4 is 11.5 Å². The summed E-state index contributed by atoms with van der Waals surface area (Å²) in [5, 5.41) is 3.37. The number of aryl methyl sites for hydroxylation is 2. The highest BCUT2D eigenvalue weighted by Gasteiger charge is 2.09. The summed E-state index contributed by atoms with van der Waals surface area (Å²) in [6, 6.07) is 8.12. The van der Waals surface area contributed by atoms with E-state index in [9.17, 15) is 0 Å². The molecule has 0 unspecified atom stereocenters. The Morgan fingerprint density at radius 2 is 1.77 bits per heavy atom. The van der Waals surface area contributed by atoms with Crippen LogP contribution >= 0.6 is 0 Å². The molecular weight excluding hydrogens is 388 g/mol. The number of hydrogen-bond donors (Lipinski definition) is 1. The van der Waals surface area contributed by atoms with Crippen molar-refractivity contribution in [2.45, 2.75) is 20.4 Å². The largest absolute Gasteiger partial charge is 0.351 e. The second kappa shape index (κ2) is 7.91. The molecule has 31 heavy (non-hydrogen) atoms. The maximum absolute atomic E-state index is 4.68. The van der Waals surface area contributed by atoms with Gasteiger partial charge in [-0.25, -0.2) is 9.97 Å². The van der Waals surface area contributed by atoms with Crippen molar-refractivity contribution in [1.82, 2.24) is 34.3 Å². The van der Waals surface area contributed by atoms with Crippen LogP contribution in [0.5, 0.6) is 0 Å². The molecule has 0 aromatic carbocycles. The summed E-state index contributed by atoms with van der Waals surface area (Å²) in [5.74, 6) is 0.722. The minimum atomic E-state index is 0.606. The highest BCUT2D eigenvalue weighted by Crippen LogP contribution is 2.22. The molecule has 0 radical (unpaired) electrons. The molecule has 1 N–H and O–H groups in total. The number of fused-ring (bicyclic) bond motifs is 1. The maximum Gasteiger partial charge on any atom is 0.209 e. The molecule has 0 spiro atoms. The van der Waals surface area contributed by atoms with E-state index in [4.69, 9.17) is 0 Å². The Labute approximate surface area is 179 Å². The van der Waals surface area contributed by atoms with Gasteiger partial charge in [-0.15, -0.1) is 0 Å². The number of rotatable bonds is 5. The molecule has 0 bridgehead atoms. The number of imidazole rings is 1. The lowest BCUT2D eigenvalue weighted by Crippen LogP contribution is -2.05. The second-order valence-electron chi connectivity index (χ2n) is 7.29. The van der Waals surface area contributed by atoms with E-state index in [1.54, 1.807) is 24.9 Å². The maximum atomic E-state index is 4.68. The third-order valence-corrected chi connectivity index (χ3v) is 5.00. The fraction of sp³-hybridized carbons (Fsp3) is 0.130. The van der Waals surface area contributed by atoms with Crippen LogP contribution in [-0.4, -0.2) is 34.3 Å². The van der Waals surface area contributed by atoms with Crippen molar-refractivity contribution < 1.29 is 0 Å². The van der Waals surface area contributed by atoms with E-state index < -0.39 is 0 Å². The zero-order chi connectivity index (χ0) is 21.2. The molecule has 5 aromatic rings. The highest BCUT2D eigenvalue weighted by molar-refractivity contribution is 5.64. The molecule has 5 heterocycles. The quantitative estimate of drug-likeness (QED) is 0.472. The lowest BCUT2D eigenvalue weighted by Gasteiger charge is -2.10. The summed E-state index contributed by atoms with van der Waals surface area (Å²) in [7, 11) is 0. The van der Waals surface area contributed by atoms with Gasteiger partial charge in [0.1, 0.15) is 12.0 Å². The lowest BCUT2D eigenvalue weighted by molar-refractivity contribution is 1.01. The van der Waals surface area contributed by atoms with Crippen LogP contribution in [-0.2, 0) is 6.54 Å². The first-order valence-electron chi connectivity index (χ1n) is 9.89. The van der Waals surface area contributed by atoms with Gasteiger partial charge in [0, 0.05) is 42.6 Å². The summed E-state index contributed by atoms with van der Waals surface area (Å²) in [6.07, 6.45) is 12.3. The normalized spacial score (nSPS) is 11.0. The van der Waals surface area contributed by atoms with Gasteiger partial charge in [-0.3, -0.25) is 24.3 Å². The molecule has 152 valence electrons. The van der Waals surface area contributed by atoms with Crippen LogP contribution in [0.2, 0.25) is 0 Å². The van der Waals surface area contributed by atoms with E-state index in [0.29, 0.717) is 6.54 Å². The van der Waals surface area contributed by atoms with E-state index in [1.807, 2.05) is 48.1 Å². The third kappa shape index (κ3) is 3.83. The van der Waals surface area contributed by atoms with Crippen molar-refractivity contribution in [3.05, 3.63) is 84.6 Å². The molecule has 8 nitrogen and oxygen atoms in total. The van der Waals surface area contributed by atoms with Gasteiger partial charge < -0.3 is 5.32 Å². The Hall–Kier alpha value is -4.20. The average molecular weight is 408 g/mol. The van der Waals surface area contributed by atoms with E-state index in [0.717, 1.165) is 50.9 Å². The van der Waals surface area contributed by atoms with Crippen LogP contribution in [0, 0.1) is 13.8 Å². The molecule has 5 aromatic heterocycles. The number of hydrogen-bond acceptors (Lipinski definition) is 7. The number of anilines is 1. The fourth-order valence-electron chi connectivity index (χ4n) is 3.51. The summed E-state index contributed by atoms with van der Waals surface area (Å²) in [4.78, 5) is 26.3. The van der Waals surface area contributed by atoms with Crippen LogP contribution in [0.3, 0.4) is 0 Å². The van der Waals surface area contributed by atoms with Gasteiger partial charge in [0.05, 0.1) is 29.3 Å². The average Bonchev–Trinajstić information content (AvgIpc) is 3.20. The molecular formula is C23H20N8. The summed E-state index contributed by atoms with van der Waals surface area (Å²) < 4.78 is 1.91. The topological polar surface area (TPSA) is 93.8 Å². The highest BCUT2D eigenvalue weighted by atomic mass is 15.2. The first-order valence-corrected chi connectivity index (χ1v) is 9.89. The van der Waals surface area contributed by atoms with Gasteiger partial charge in [0.25, 0.3) is 0 Å². The van der Waals surface area contributed by atoms with E-state index in [-0.39, 0.29) is 0 Å². The molecule has 0 amide bonds.